The molecule has 68 valence electrons. The largest absolute Gasteiger partial charge is 0.364 e. The first kappa shape index (κ1) is 9.30. The van der Waals surface area contributed by atoms with Crippen LogP contribution in [0.3, 0.4) is 0 Å². The molecule has 0 fully saturated rings. The minimum atomic E-state index is 0.675. The smallest absolute Gasteiger partial charge is 0.126 e. The zero-order valence-corrected chi connectivity index (χ0v) is 8.29. The summed E-state index contributed by atoms with van der Waals surface area (Å²) < 4.78 is 4.88. The monoisotopic (exact) mass is 167 g/mol. The van der Waals surface area contributed by atoms with Gasteiger partial charge in [0.05, 0.1) is 5.69 Å². The van der Waals surface area contributed by atoms with Crippen LogP contribution in [0.25, 0.3) is 0 Å². The zero-order valence-electron chi connectivity index (χ0n) is 8.29. The van der Waals surface area contributed by atoms with Crippen molar-refractivity contribution in [1.29, 1.82) is 0 Å². The van der Waals surface area contributed by atoms with Crippen LogP contribution in [0.1, 0.15) is 32.0 Å². The van der Waals surface area contributed by atoms with E-state index in [1.807, 2.05) is 6.92 Å². The van der Waals surface area contributed by atoms with Gasteiger partial charge in [-0.25, -0.2) is 0 Å². The fourth-order valence-electron chi connectivity index (χ4n) is 1.05. The van der Waals surface area contributed by atoms with Crippen molar-refractivity contribution in [3.8, 4) is 0 Å². The summed E-state index contributed by atoms with van der Waals surface area (Å²) in [7, 11) is 0. The normalized spacial score (nSPS) is 13.8. The number of aryl methyl sites for hydroxylation is 1. The molecule has 0 aliphatic carbocycles. The third-order valence-electron chi connectivity index (χ3n) is 2.50. The maximum Gasteiger partial charge on any atom is 0.126 e. The Bertz CT molecular complexity index is 240. The van der Waals surface area contributed by atoms with Crippen LogP contribution in [0.2, 0.25) is 0 Å². The maximum atomic E-state index is 4.88. The molecule has 2 nitrogen and oxygen atoms in total. The quantitative estimate of drug-likeness (QED) is 0.691. The number of nitrogens with zero attached hydrogens (tertiary/aromatic N) is 1. The Morgan fingerprint density at radius 1 is 1.42 bits per heavy atom. The second kappa shape index (κ2) is 3.74. The van der Waals surface area contributed by atoms with Crippen LogP contribution < -0.4 is 0 Å². The highest BCUT2D eigenvalue weighted by Crippen LogP contribution is 2.17. The average Bonchev–Trinajstić information content (AvgIpc) is 2.36. The van der Waals surface area contributed by atoms with Crippen LogP contribution in [0.4, 0.5) is 0 Å². The van der Waals surface area contributed by atoms with E-state index in [0.29, 0.717) is 11.8 Å². The molecule has 1 heterocycles. The molecule has 0 aliphatic rings. The minimum Gasteiger partial charge on any atom is -0.364 e. The van der Waals surface area contributed by atoms with Crippen LogP contribution in [0, 0.1) is 18.8 Å². The maximum absolute atomic E-state index is 4.88. The average molecular weight is 167 g/mol. The van der Waals surface area contributed by atoms with Gasteiger partial charge in [-0.1, -0.05) is 25.9 Å². The zero-order chi connectivity index (χ0) is 9.14. The summed E-state index contributed by atoms with van der Waals surface area (Å²) in [6.45, 7) is 8.76. The molecule has 0 saturated carbocycles. The number of rotatable bonds is 3. The van der Waals surface area contributed by atoms with E-state index in [1.165, 1.54) is 5.56 Å². The van der Waals surface area contributed by atoms with Crippen LogP contribution >= 0.6 is 0 Å². The van der Waals surface area contributed by atoms with Gasteiger partial charge in [-0.05, 0) is 25.2 Å². The molecule has 1 aromatic rings. The second-order valence-corrected chi connectivity index (χ2v) is 3.87. The molecule has 12 heavy (non-hydrogen) atoms. The van der Waals surface area contributed by atoms with E-state index in [9.17, 15) is 0 Å². The van der Waals surface area contributed by atoms with Crippen molar-refractivity contribution in [3.63, 3.8) is 0 Å². The first-order chi connectivity index (χ1) is 5.61. The molecule has 0 unspecified atom stereocenters. The first-order valence-corrected chi connectivity index (χ1v) is 4.51. The second-order valence-electron chi connectivity index (χ2n) is 3.87. The molecule has 1 aromatic heterocycles. The van der Waals surface area contributed by atoms with Gasteiger partial charge in [0.25, 0.3) is 0 Å². The van der Waals surface area contributed by atoms with Crippen LogP contribution in [0.5, 0.6) is 0 Å². The van der Waals surface area contributed by atoms with Crippen molar-refractivity contribution in [2.45, 2.75) is 34.1 Å². The standard InChI is InChI=1S/C10H17NO/c1-7(2)8(3)5-10-9(4)6-12-11-10/h6-8H,5H2,1-4H3/t8-/m0/s1. The predicted octanol–water partition coefficient (Wildman–Crippen LogP) is 2.82. The number of aromatic nitrogens is 1. The van der Waals surface area contributed by atoms with Gasteiger partial charge in [-0.15, -0.1) is 0 Å². The predicted molar refractivity (Wildman–Crippen MR) is 48.9 cm³/mol. The summed E-state index contributed by atoms with van der Waals surface area (Å²) in [6.07, 6.45) is 2.74. The van der Waals surface area contributed by atoms with E-state index in [4.69, 9.17) is 4.52 Å². The highest BCUT2D eigenvalue weighted by Gasteiger charge is 2.11. The molecule has 2 heteroatoms. The molecule has 1 rings (SSSR count). The molecule has 0 spiro atoms. The van der Waals surface area contributed by atoms with Gasteiger partial charge in [0, 0.05) is 5.56 Å². The summed E-state index contributed by atoms with van der Waals surface area (Å²) in [5, 5.41) is 3.96. The lowest BCUT2D eigenvalue weighted by Gasteiger charge is -2.13. The van der Waals surface area contributed by atoms with Gasteiger partial charge in [-0.3, -0.25) is 0 Å². The van der Waals surface area contributed by atoms with E-state index in [-0.39, 0.29) is 0 Å². The van der Waals surface area contributed by atoms with Crippen molar-refractivity contribution in [1.82, 2.24) is 5.16 Å². The third-order valence-corrected chi connectivity index (χ3v) is 2.50. The number of hydrogen-bond donors (Lipinski definition) is 0. The minimum absolute atomic E-state index is 0.675. The van der Waals surface area contributed by atoms with E-state index in [1.54, 1.807) is 6.26 Å². The summed E-state index contributed by atoms with van der Waals surface area (Å²) in [5.41, 5.74) is 2.28. The van der Waals surface area contributed by atoms with Crippen molar-refractivity contribution >= 4 is 0 Å². The molecule has 0 amide bonds. The highest BCUT2D eigenvalue weighted by molar-refractivity contribution is 5.12. The molecule has 0 bridgehead atoms. The summed E-state index contributed by atoms with van der Waals surface area (Å²) in [4.78, 5) is 0. The van der Waals surface area contributed by atoms with Crippen LogP contribution in [-0.4, -0.2) is 5.16 Å². The lowest BCUT2D eigenvalue weighted by molar-refractivity contribution is 0.380. The fraction of sp³-hybridized carbons (Fsp3) is 0.700. The molecule has 0 saturated heterocycles. The topological polar surface area (TPSA) is 26.0 Å². The first-order valence-electron chi connectivity index (χ1n) is 4.51. The molecule has 0 N–H and O–H groups in total. The Labute approximate surface area is 74.0 Å². The Hall–Kier alpha value is -0.790. The Balaban J connectivity index is 2.58. The van der Waals surface area contributed by atoms with Gasteiger partial charge in [0.15, 0.2) is 0 Å². The summed E-state index contributed by atoms with van der Waals surface area (Å²) >= 11 is 0. The molecular formula is C10H17NO. The van der Waals surface area contributed by atoms with Gasteiger partial charge >= 0.3 is 0 Å². The SMILES string of the molecule is Cc1conc1C[C@H](C)C(C)C. The van der Waals surface area contributed by atoms with Crippen LogP contribution in [-0.2, 0) is 6.42 Å². The molecule has 0 aliphatic heterocycles. The molecule has 0 aromatic carbocycles. The molecular weight excluding hydrogens is 150 g/mol. The third kappa shape index (κ3) is 2.10. The van der Waals surface area contributed by atoms with Gasteiger partial charge in [0.1, 0.15) is 6.26 Å². The lowest BCUT2D eigenvalue weighted by atomic mass is 9.92. The van der Waals surface area contributed by atoms with E-state index in [2.05, 4.69) is 25.9 Å². The summed E-state index contributed by atoms with van der Waals surface area (Å²) in [5.74, 6) is 1.38. The van der Waals surface area contributed by atoms with E-state index >= 15 is 0 Å². The van der Waals surface area contributed by atoms with Crippen molar-refractivity contribution in [3.05, 3.63) is 17.5 Å². The molecule has 0 radical (unpaired) electrons. The van der Waals surface area contributed by atoms with Crippen molar-refractivity contribution in [2.75, 3.05) is 0 Å². The van der Waals surface area contributed by atoms with Gasteiger partial charge < -0.3 is 4.52 Å². The lowest BCUT2D eigenvalue weighted by Crippen LogP contribution is -2.08. The highest BCUT2D eigenvalue weighted by atomic mass is 16.5. The van der Waals surface area contributed by atoms with Crippen LogP contribution in [0.15, 0.2) is 10.8 Å². The van der Waals surface area contributed by atoms with Gasteiger partial charge in [-0.2, -0.15) is 0 Å². The summed E-state index contributed by atoms with van der Waals surface area (Å²) in [6, 6.07) is 0. The molecule has 1 atom stereocenters. The number of hydrogen-bond acceptors (Lipinski definition) is 2. The Kier molecular flexibility index (Phi) is 2.90. The fourth-order valence-corrected chi connectivity index (χ4v) is 1.05. The Morgan fingerprint density at radius 2 is 2.08 bits per heavy atom. The van der Waals surface area contributed by atoms with E-state index < -0.39 is 0 Å². The van der Waals surface area contributed by atoms with Crippen molar-refractivity contribution < 1.29 is 4.52 Å². The Morgan fingerprint density at radius 3 is 2.50 bits per heavy atom. The van der Waals surface area contributed by atoms with Crippen molar-refractivity contribution in [2.24, 2.45) is 11.8 Å². The van der Waals surface area contributed by atoms with Gasteiger partial charge in [0.2, 0.25) is 0 Å². The van der Waals surface area contributed by atoms with E-state index in [0.717, 1.165) is 12.1 Å².